The van der Waals surface area contributed by atoms with Crippen LogP contribution in [0.3, 0.4) is 0 Å². The molecule has 3 rings (SSSR count). The standard InChI is InChI=1S/C17H18N2O/c1-19-15(12-20-16-5-3-2-4-6-16)10-14-9-13(11-18)7-8-17(14)19/h2-10H,11-12,18H2,1H3. The van der Waals surface area contributed by atoms with E-state index in [-0.39, 0.29) is 0 Å². The molecule has 2 aromatic carbocycles. The Hall–Kier alpha value is -2.26. The molecule has 0 aliphatic carbocycles. The quantitative estimate of drug-likeness (QED) is 0.787. The smallest absolute Gasteiger partial charge is 0.128 e. The van der Waals surface area contributed by atoms with Gasteiger partial charge >= 0.3 is 0 Å². The van der Waals surface area contributed by atoms with Crippen LogP contribution in [0.25, 0.3) is 10.9 Å². The third-order valence-corrected chi connectivity index (χ3v) is 3.57. The lowest BCUT2D eigenvalue weighted by Crippen LogP contribution is -2.01. The van der Waals surface area contributed by atoms with Crippen molar-refractivity contribution in [1.82, 2.24) is 4.57 Å². The number of rotatable bonds is 4. The second-order valence-corrected chi connectivity index (χ2v) is 4.89. The van der Waals surface area contributed by atoms with E-state index in [9.17, 15) is 0 Å². The molecule has 0 atom stereocenters. The first-order valence-corrected chi connectivity index (χ1v) is 6.73. The molecule has 3 aromatic rings. The van der Waals surface area contributed by atoms with Crippen molar-refractivity contribution in [2.75, 3.05) is 0 Å². The highest BCUT2D eigenvalue weighted by Crippen LogP contribution is 2.21. The molecule has 0 saturated carbocycles. The first-order valence-electron chi connectivity index (χ1n) is 6.73. The molecule has 0 aliphatic heterocycles. The SMILES string of the molecule is Cn1c(COc2ccccc2)cc2cc(CN)ccc21. The number of nitrogens with two attached hydrogens (primary N) is 1. The summed E-state index contributed by atoms with van der Waals surface area (Å²) >= 11 is 0. The van der Waals surface area contributed by atoms with Gasteiger partial charge in [0.05, 0.1) is 5.69 Å². The monoisotopic (exact) mass is 266 g/mol. The number of ether oxygens (including phenoxy) is 1. The van der Waals surface area contributed by atoms with Gasteiger partial charge in [-0.15, -0.1) is 0 Å². The van der Waals surface area contributed by atoms with Crippen LogP contribution in [-0.4, -0.2) is 4.57 Å². The number of nitrogens with zero attached hydrogens (tertiary/aromatic N) is 1. The summed E-state index contributed by atoms with van der Waals surface area (Å²) in [6, 6.07) is 18.4. The van der Waals surface area contributed by atoms with Crippen LogP contribution < -0.4 is 10.5 Å². The van der Waals surface area contributed by atoms with Gasteiger partial charge in [-0.3, -0.25) is 0 Å². The Balaban J connectivity index is 1.86. The molecule has 1 heterocycles. The van der Waals surface area contributed by atoms with Crippen molar-refractivity contribution in [3.63, 3.8) is 0 Å². The molecule has 3 heteroatoms. The van der Waals surface area contributed by atoms with Gasteiger partial charge in [-0.25, -0.2) is 0 Å². The van der Waals surface area contributed by atoms with Crippen molar-refractivity contribution in [3.05, 3.63) is 65.9 Å². The summed E-state index contributed by atoms with van der Waals surface area (Å²) in [5.41, 5.74) is 9.19. The van der Waals surface area contributed by atoms with Crippen molar-refractivity contribution in [3.8, 4) is 5.75 Å². The zero-order chi connectivity index (χ0) is 13.9. The third kappa shape index (κ3) is 2.40. The van der Waals surface area contributed by atoms with Gasteiger partial charge in [0, 0.05) is 24.5 Å². The zero-order valence-corrected chi connectivity index (χ0v) is 11.5. The van der Waals surface area contributed by atoms with Gasteiger partial charge in [-0.1, -0.05) is 24.3 Å². The van der Waals surface area contributed by atoms with E-state index in [0.717, 1.165) is 17.0 Å². The molecule has 0 saturated heterocycles. The van der Waals surface area contributed by atoms with E-state index < -0.39 is 0 Å². The number of aryl methyl sites for hydroxylation is 1. The van der Waals surface area contributed by atoms with Crippen molar-refractivity contribution < 1.29 is 4.74 Å². The zero-order valence-electron chi connectivity index (χ0n) is 11.5. The Morgan fingerprint density at radius 1 is 1.05 bits per heavy atom. The molecule has 0 fully saturated rings. The van der Waals surface area contributed by atoms with Gasteiger partial charge in [0.1, 0.15) is 12.4 Å². The summed E-state index contributed by atoms with van der Waals surface area (Å²) < 4.78 is 7.98. The van der Waals surface area contributed by atoms with E-state index in [0.29, 0.717) is 13.2 Å². The first kappa shape index (κ1) is 12.8. The molecular weight excluding hydrogens is 248 g/mol. The summed E-state index contributed by atoms with van der Waals surface area (Å²) in [6.07, 6.45) is 0. The van der Waals surface area contributed by atoms with Crippen LogP contribution >= 0.6 is 0 Å². The van der Waals surface area contributed by atoms with Crippen LogP contribution in [0, 0.1) is 0 Å². The number of benzene rings is 2. The Morgan fingerprint density at radius 3 is 2.60 bits per heavy atom. The Labute approximate surface area is 118 Å². The molecule has 2 N–H and O–H groups in total. The van der Waals surface area contributed by atoms with E-state index in [1.807, 2.05) is 30.3 Å². The number of hydrogen-bond acceptors (Lipinski definition) is 2. The molecule has 3 nitrogen and oxygen atoms in total. The fourth-order valence-electron chi connectivity index (χ4n) is 2.40. The van der Waals surface area contributed by atoms with Crippen LogP contribution in [0.15, 0.2) is 54.6 Å². The van der Waals surface area contributed by atoms with E-state index in [1.54, 1.807) is 0 Å². The molecule has 1 aromatic heterocycles. The summed E-state index contributed by atoms with van der Waals surface area (Å²) in [5.74, 6) is 0.889. The largest absolute Gasteiger partial charge is 0.487 e. The maximum absolute atomic E-state index is 5.81. The van der Waals surface area contributed by atoms with E-state index in [4.69, 9.17) is 10.5 Å². The molecule has 20 heavy (non-hydrogen) atoms. The minimum atomic E-state index is 0.563. The van der Waals surface area contributed by atoms with Gasteiger partial charge < -0.3 is 15.0 Å². The molecular formula is C17H18N2O. The fourth-order valence-corrected chi connectivity index (χ4v) is 2.40. The average Bonchev–Trinajstić information content (AvgIpc) is 2.82. The maximum atomic E-state index is 5.81. The molecule has 102 valence electrons. The Morgan fingerprint density at radius 2 is 1.85 bits per heavy atom. The van der Waals surface area contributed by atoms with Crippen LogP contribution in [0.5, 0.6) is 5.75 Å². The maximum Gasteiger partial charge on any atom is 0.128 e. The van der Waals surface area contributed by atoms with Crippen molar-refractivity contribution in [1.29, 1.82) is 0 Å². The lowest BCUT2D eigenvalue weighted by molar-refractivity contribution is 0.298. The van der Waals surface area contributed by atoms with Crippen molar-refractivity contribution >= 4 is 10.9 Å². The van der Waals surface area contributed by atoms with Crippen LogP contribution in [-0.2, 0) is 20.2 Å². The minimum Gasteiger partial charge on any atom is -0.487 e. The van der Waals surface area contributed by atoms with Crippen molar-refractivity contribution in [2.24, 2.45) is 12.8 Å². The first-order chi connectivity index (χ1) is 9.78. The van der Waals surface area contributed by atoms with Gasteiger partial charge in [0.25, 0.3) is 0 Å². The van der Waals surface area contributed by atoms with Crippen LogP contribution in [0.2, 0.25) is 0 Å². The van der Waals surface area contributed by atoms with Gasteiger partial charge in [-0.2, -0.15) is 0 Å². The van der Waals surface area contributed by atoms with E-state index in [2.05, 4.69) is 35.9 Å². The predicted molar refractivity (Wildman–Crippen MR) is 81.6 cm³/mol. The number of aromatic nitrogens is 1. The third-order valence-electron chi connectivity index (χ3n) is 3.57. The highest BCUT2D eigenvalue weighted by atomic mass is 16.5. The Kier molecular flexibility index (Phi) is 3.44. The number of para-hydroxylation sites is 1. The summed E-state index contributed by atoms with van der Waals surface area (Å²) in [4.78, 5) is 0. The lowest BCUT2D eigenvalue weighted by atomic mass is 10.1. The van der Waals surface area contributed by atoms with Crippen molar-refractivity contribution in [2.45, 2.75) is 13.2 Å². The normalized spacial score (nSPS) is 10.9. The highest BCUT2D eigenvalue weighted by molar-refractivity contribution is 5.82. The average molecular weight is 266 g/mol. The molecule has 0 aliphatic rings. The second kappa shape index (κ2) is 5.39. The Bertz CT molecular complexity index is 716. The lowest BCUT2D eigenvalue weighted by Gasteiger charge is -2.07. The predicted octanol–water partition coefficient (Wildman–Crippen LogP) is 3.22. The number of fused-ring (bicyclic) bond motifs is 1. The highest BCUT2D eigenvalue weighted by Gasteiger charge is 2.07. The second-order valence-electron chi connectivity index (χ2n) is 4.89. The van der Waals surface area contributed by atoms with E-state index in [1.165, 1.54) is 10.9 Å². The number of hydrogen-bond donors (Lipinski definition) is 1. The minimum absolute atomic E-state index is 0.563. The fraction of sp³-hybridized carbons (Fsp3) is 0.176. The van der Waals surface area contributed by atoms with E-state index >= 15 is 0 Å². The van der Waals surface area contributed by atoms with Gasteiger partial charge in [0.15, 0.2) is 0 Å². The molecule has 0 amide bonds. The topological polar surface area (TPSA) is 40.2 Å². The molecule has 0 spiro atoms. The molecule has 0 bridgehead atoms. The summed E-state index contributed by atoms with van der Waals surface area (Å²) in [5, 5.41) is 1.21. The molecule has 0 unspecified atom stereocenters. The van der Waals surface area contributed by atoms with Crippen LogP contribution in [0.4, 0.5) is 0 Å². The van der Waals surface area contributed by atoms with Gasteiger partial charge in [-0.05, 0) is 35.9 Å². The van der Waals surface area contributed by atoms with Crippen LogP contribution in [0.1, 0.15) is 11.3 Å². The molecule has 0 radical (unpaired) electrons. The summed E-state index contributed by atoms with van der Waals surface area (Å²) in [7, 11) is 2.06. The van der Waals surface area contributed by atoms with Gasteiger partial charge in [0.2, 0.25) is 0 Å². The summed E-state index contributed by atoms with van der Waals surface area (Å²) in [6.45, 7) is 1.13.